The molecule has 2 aromatic heterocycles. The van der Waals surface area contributed by atoms with Crippen LogP contribution in [-0.2, 0) is 9.47 Å². The molecule has 0 spiro atoms. The number of carboxylic acid groups (broad SMARTS) is 1. The number of ether oxygens (including phenoxy) is 2. The van der Waals surface area contributed by atoms with Crippen molar-refractivity contribution in [2.24, 2.45) is 10.7 Å². The Morgan fingerprint density at radius 2 is 2.04 bits per heavy atom. The van der Waals surface area contributed by atoms with Gasteiger partial charge in [-0.15, -0.1) is 0 Å². The Balaban J connectivity index is 2.46. The van der Waals surface area contributed by atoms with Crippen molar-refractivity contribution >= 4 is 23.0 Å². The van der Waals surface area contributed by atoms with E-state index < -0.39 is 6.09 Å². The summed E-state index contributed by atoms with van der Waals surface area (Å²) in [7, 11) is 3.22. The maximum Gasteiger partial charge on any atom is 0.433 e. The predicted molar refractivity (Wildman–Crippen MR) is 83.9 cm³/mol. The fraction of sp³-hybridized carbons (Fsp3) is 0.429. The van der Waals surface area contributed by atoms with Gasteiger partial charge in [0.25, 0.3) is 0 Å². The highest BCUT2D eigenvalue weighted by Gasteiger charge is 2.18. The topological polar surface area (TPSA) is 136 Å². The summed E-state index contributed by atoms with van der Waals surface area (Å²) in [5, 5.41) is 8.68. The van der Waals surface area contributed by atoms with Crippen molar-refractivity contribution in [1.29, 1.82) is 0 Å². The summed E-state index contributed by atoms with van der Waals surface area (Å²) in [6.45, 7) is 2.68. The van der Waals surface area contributed by atoms with E-state index in [4.69, 9.17) is 20.3 Å². The molecule has 0 aromatic carbocycles. The number of rotatable bonds is 6. The van der Waals surface area contributed by atoms with E-state index >= 15 is 0 Å². The second-order valence-corrected chi connectivity index (χ2v) is 5.00. The van der Waals surface area contributed by atoms with Crippen LogP contribution in [0.2, 0.25) is 0 Å². The summed E-state index contributed by atoms with van der Waals surface area (Å²) < 4.78 is 10.4. The van der Waals surface area contributed by atoms with Crippen LogP contribution in [0.1, 0.15) is 23.1 Å². The number of aliphatic imine (C=N–C) groups is 1. The molecule has 0 saturated carbocycles. The van der Waals surface area contributed by atoms with Gasteiger partial charge >= 0.3 is 6.09 Å². The van der Waals surface area contributed by atoms with E-state index in [0.29, 0.717) is 35.8 Å². The quantitative estimate of drug-likeness (QED) is 0.534. The maximum atomic E-state index is 10.6. The molecule has 0 aliphatic heterocycles. The number of imidazole rings is 1. The number of H-pyrrole nitrogens is 1. The molecule has 0 aliphatic rings. The van der Waals surface area contributed by atoms with Gasteiger partial charge in [-0.2, -0.15) is 4.99 Å². The van der Waals surface area contributed by atoms with Gasteiger partial charge < -0.3 is 25.3 Å². The summed E-state index contributed by atoms with van der Waals surface area (Å²) in [6, 6.07) is 1.62. The number of hydrogen-bond donors (Lipinski definition) is 3. The number of fused-ring (bicyclic) bond motifs is 1. The number of amidine groups is 1. The van der Waals surface area contributed by atoms with E-state index in [9.17, 15) is 4.79 Å². The molecule has 0 atom stereocenters. The molecule has 0 radical (unpaired) electrons. The van der Waals surface area contributed by atoms with Gasteiger partial charge in [0.1, 0.15) is 17.0 Å². The number of methoxy groups -OCH3 is 2. The lowest BCUT2D eigenvalue weighted by Crippen LogP contribution is -2.17. The number of nitrogens with one attached hydrogen (secondary N) is 1. The number of amides is 1. The predicted octanol–water partition coefficient (Wildman–Crippen LogP) is 1.03. The van der Waals surface area contributed by atoms with E-state index in [1.165, 1.54) is 0 Å². The number of pyridine rings is 1. The lowest BCUT2D eigenvalue weighted by Gasteiger charge is -2.11. The molecule has 1 amide bonds. The molecule has 0 unspecified atom stereocenters. The number of aromatic nitrogens is 3. The fourth-order valence-electron chi connectivity index (χ4n) is 2.28. The fourth-order valence-corrected chi connectivity index (χ4v) is 2.28. The summed E-state index contributed by atoms with van der Waals surface area (Å²) in [6.07, 6.45) is -1.37. The second kappa shape index (κ2) is 7.16. The first-order valence-corrected chi connectivity index (χ1v) is 6.88. The average Bonchev–Trinajstić information content (AvgIpc) is 2.90. The standard InChI is InChI=1S/C14H19N5O4/c1-7-11-9(4-10(16-7)12(15)19-14(20)21)17-13(18-11)8(5-22-2)6-23-3/h4,8H,5-6H2,1-3H3,(H2,15,19)(H,17,18)(H,20,21). The molecule has 9 nitrogen and oxygen atoms in total. The van der Waals surface area contributed by atoms with Crippen molar-refractivity contribution in [2.75, 3.05) is 27.4 Å². The Morgan fingerprint density at radius 3 is 2.61 bits per heavy atom. The maximum absolute atomic E-state index is 10.6. The van der Waals surface area contributed by atoms with E-state index in [1.807, 2.05) is 0 Å². The monoisotopic (exact) mass is 321 g/mol. The molecule has 2 heterocycles. The highest BCUT2D eigenvalue weighted by atomic mass is 16.5. The number of aryl methyl sites for hydroxylation is 1. The molecular formula is C14H19N5O4. The van der Waals surface area contributed by atoms with E-state index in [1.54, 1.807) is 27.2 Å². The molecule has 0 bridgehead atoms. The third-order valence-electron chi connectivity index (χ3n) is 3.26. The molecule has 2 aromatic rings. The van der Waals surface area contributed by atoms with E-state index in [0.717, 1.165) is 0 Å². The first-order valence-electron chi connectivity index (χ1n) is 6.88. The zero-order valence-electron chi connectivity index (χ0n) is 13.2. The Kier molecular flexibility index (Phi) is 5.24. The molecule has 124 valence electrons. The van der Waals surface area contributed by atoms with Gasteiger partial charge in [-0.05, 0) is 13.0 Å². The van der Waals surface area contributed by atoms with Crippen molar-refractivity contribution in [2.45, 2.75) is 12.8 Å². The molecule has 0 aliphatic carbocycles. The summed E-state index contributed by atoms with van der Waals surface area (Å²) in [5.41, 5.74) is 7.93. The van der Waals surface area contributed by atoms with Crippen LogP contribution in [0, 0.1) is 6.92 Å². The minimum atomic E-state index is -1.37. The molecule has 4 N–H and O–H groups in total. The van der Waals surface area contributed by atoms with Crippen LogP contribution < -0.4 is 5.73 Å². The molecular weight excluding hydrogens is 302 g/mol. The van der Waals surface area contributed by atoms with Gasteiger partial charge in [0, 0.05) is 14.2 Å². The second-order valence-electron chi connectivity index (χ2n) is 5.00. The Morgan fingerprint density at radius 1 is 1.39 bits per heavy atom. The number of hydrogen-bond acceptors (Lipinski definition) is 5. The molecule has 0 fully saturated rings. The van der Waals surface area contributed by atoms with Crippen LogP contribution in [0.15, 0.2) is 11.1 Å². The van der Waals surface area contributed by atoms with Gasteiger partial charge in [-0.1, -0.05) is 0 Å². The van der Waals surface area contributed by atoms with Crippen LogP contribution >= 0.6 is 0 Å². The SMILES string of the molecule is COCC(COC)c1nc2c(C)nc(/C(N)=N/C(=O)O)cc2[nH]1. The summed E-state index contributed by atoms with van der Waals surface area (Å²) in [5.74, 6) is 0.494. The molecule has 23 heavy (non-hydrogen) atoms. The Hall–Kier alpha value is -2.52. The van der Waals surface area contributed by atoms with Gasteiger partial charge in [0.15, 0.2) is 5.84 Å². The highest BCUT2D eigenvalue weighted by Crippen LogP contribution is 2.21. The molecule has 2 rings (SSSR count). The Labute approximate surface area is 132 Å². The van der Waals surface area contributed by atoms with Crippen molar-refractivity contribution in [3.05, 3.63) is 23.3 Å². The first-order chi connectivity index (χ1) is 11.0. The number of aromatic amines is 1. The molecule has 0 saturated heterocycles. The van der Waals surface area contributed by atoms with Crippen molar-refractivity contribution < 1.29 is 19.4 Å². The molecule has 9 heteroatoms. The normalized spacial score (nSPS) is 12.3. The number of carbonyl (C=O) groups is 1. The van der Waals surface area contributed by atoms with Gasteiger partial charge in [-0.25, -0.2) is 14.8 Å². The number of nitrogens with two attached hydrogens (primary N) is 1. The van der Waals surface area contributed by atoms with Gasteiger partial charge in [0.2, 0.25) is 0 Å². The zero-order chi connectivity index (χ0) is 17.0. The third-order valence-corrected chi connectivity index (χ3v) is 3.26. The van der Waals surface area contributed by atoms with Crippen molar-refractivity contribution in [3.63, 3.8) is 0 Å². The lowest BCUT2D eigenvalue weighted by atomic mass is 10.1. The lowest BCUT2D eigenvalue weighted by molar-refractivity contribution is 0.114. The van der Waals surface area contributed by atoms with Crippen LogP contribution in [0.3, 0.4) is 0 Å². The summed E-state index contributed by atoms with van der Waals surface area (Å²) >= 11 is 0. The smallest absolute Gasteiger partial charge is 0.433 e. The van der Waals surface area contributed by atoms with Crippen LogP contribution in [0.4, 0.5) is 4.79 Å². The number of nitrogens with zero attached hydrogens (tertiary/aromatic N) is 3. The van der Waals surface area contributed by atoms with Crippen molar-refractivity contribution in [1.82, 2.24) is 15.0 Å². The third kappa shape index (κ3) is 3.82. The highest BCUT2D eigenvalue weighted by molar-refractivity contribution is 6.02. The minimum Gasteiger partial charge on any atom is -0.463 e. The van der Waals surface area contributed by atoms with Crippen molar-refractivity contribution in [3.8, 4) is 0 Å². The van der Waals surface area contributed by atoms with E-state index in [-0.39, 0.29) is 17.4 Å². The van der Waals surface area contributed by atoms with Crippen LogP contribution in [0.5, 0.6) is 0 Å². The van der Waals surface area contributed by atoms with E-state index in [2.05, 4.69) is 19.9 Å². The zero-order valence-corrected chi connectivity index (χ0v) is 13.2. The summed E-state index contributed by atoms with van der Waals surface area (Å²) in [4.78, 5) is 25.9. The van der Waals surface area contributed by atoms with Crippen LogP contribution in [0.25, 0.3) is 11.0 Å². The Bertz CT molecular complexity index is 734. The largest absolute Gasteiger partial charge is 0.463 e. The minimum absolute atomic E-state index is 0.0507. The van der Waals surface area contributed by atoms with Gasteiger partial charge in [0.05, 0.1) is 30.3 Å². The average molecular weight is 321 g/mol. The van der Waals surface area contributed by atoms with Gasteiger partial charge in [-0.3, -0.25) is 0 Å². The first kappa shape index (κ1) is 16.8. The van der Waals surface area contributed by atoms with Crippen LogP contribution in [-0.4, -0.2) is 59.4 Å².